The maximum atomic E-state index is 12.0. The minimum absolute atomic E-state index is 0.0583. The highest BCUT2D eigenvalue weighted by atomic mass is 35.5. The lowest BCUT2D eigenvalue weighted by Crippen LogP contribution is -2.22. The fourth-order valence-corrected chi connectivity index (χ4v) is 2.88. The lowest BCUT2D eigenvalue weighted by molar-refractivity contribution is -0.132. The Morgan fingerprint density at radius 1 is 0.750 bits per heavy atom. The molecular weight excluding hydrogens is 567 g/mol. The van der Waals surface area contributed by atoms with E-state index in [0.29, 0.717) is 10.1 Å². The van der Waals surface area contributed by atoms with E-state index in [0.717, 1.165) is 24.3 Å². The molecule has 0 saturated carbocycles. The summed E-state index contributed by atoms with van der Waals surface area (Å²) in [7, 11) is 0. The standard InChI is InChI=1S/C8H4Cl2F3NO.C8H6F3NO.C4H4ClNO2/c9-4-1-3(2-5(10)6(4)14)7(15)8(11,12)13;9-8(10,11)7(13)5-1-3-6(12)4-2-5;5-6-3(7)1-2-4(6)8/h1-2H,14H2;1-4H,12H2;1-2H2. The molecule has 0 spiro atoms. The molecule has 3 rings (SSSR count). The Balaban J connectivity index is 0.000000282. The van der Waals surface area contributed by atoms with E-state index in [1.54, 1.807) is 0 Å². The second kappa shape index (κ2) is 12.3. The van der Waals surface area contributed by atoms with Crippen LogP contribution in [0.15, 0.2) is 36.4 Å². The molecule has 0 bridgehead atoms. The van der Waals surface area contributed by atoms with Crippen LogP contribution in [0.25, 0.3) is 0 Å². The number of amides is 2. The van der Waals surface area contributed by atoms with Crippen LogP contribution in [0, 0.1) is 0 Å². The predicted molar refractivity (Wildman–Crippen MR) is 119 cm³/mol. The van der Waals surface area contributed by atoms with Crippen molar-refractivity contribution in [3.8, 4) is 0 Å². The zero-order valence-electron chi connectivity index (χ0n) is 17.5. The summed E-state index contributed by atoms with van der Waals surface area (Å²) in [5, 5.41) is -0.370. The first-order valence-electron chi connectivity index (χ1n) is 9.21. The summed E-state index contributed by atoms with van der Waals surface area (Å²) in [4.78, 5) is 42.1. The molecule has 0 atom stereocenters. The number of hydrogen-bond acceptors (Lipinski definition) is 6. The molecule has 0 radical (unpaired) electrons. The van der Waals surface area contributed by atoms with Gasteiger partial charge in [0.2, 0.25) is 11.8 Å². The van der Waals surface area contributed by atoms with E-state index in [4.69, 9.17) is 46.4 Å². The van der Waals surface area contributed by atoms with Crippen molar-refractivity contribution in [1.29, 1.82) is 0 Å². The van der Waals surface area contributed by atoms with E-state index in [9.17, 15) is 45.5 Å². The molecule has 2 aromatic carbocycles. The van der Waals surface area contributed by atoms with Gasteiger partial charge in [0.25, 0.3) is 11.6 Å². The number of ketones is 2. The molecule has 2 aromatic rings. The van der Waals surface area contributed by atoms with Crippen molar-refractivity contribution in [2.24, 2.45) is 0 Å². The number of alkyl halides is 6. The molecule has 4 N–H and O–H groups in total. The summed E-state index contributed by atoms with van der Waals surface area (Å²) in [6.07, 6.45) is -9.25. The van der Waals surface area contributed by atoms with Crippen molar-refractivity contribution in [3.05, 3.63) is 57.6 Å². The van der Waals surface area contributed by atoms with E-state index in [-0.39, 0.29) is 40.4 Å². The number of anilines is 2. The van der Waals surface area contributed by atoms with Gasteiger partial charge in [-0.1, -0.05) is 23.2 Å². The molecule has 7 nitrogen and oxygen atoms in total. The third-order valence-electron chi connectivity index (χ3n) is 4.02. The molecular formula is C20H14Cl3F6N3O4. The molecule has 2 amide bonds. The number of imide groups is 1. The van der Waals surface area contributed by atoms with Crippen molar-refractivity contribution in [2.75, 3.05) is 11.5 Å². The molecule has 196 valence electrons. The molecule has 16 heteroatoms. The van der Waals surface area contributed by atoms with Gasteiger partial charge in [-0.25, -0.2) is 0 Å². The third kappa shape index (κ3) is 8.88. The maximum Gasteiger partial charge on any atom is 0.454 e. The average Bonchev–Trinajstić information content (AvgIpc) is 3.07. The minimum atomic E-state index is -4.96. The molecule has 0 unspecified atom stereocenters. The van der Waals surface area contributed by atoms with Gasteiger partial charge in [0.1, 0.15) is 0 Å². The molecule has 1 saturated heterocycles. The van der Waals surface area contributed by atoms with E-state index in [2.05, 4.69) is 0 Å². The predicted octanol–water partition coefficient (Wildman–Crippen LogP) is 5.62. The van der Waals surface area contributed by atoms with Gasteiger partial charge in [0, 0.05) is 41.4 Å². The zero-order valence-corrected chi connectivity index (χ0v) is 19.8. The zero-order chi connectivity index (χ0) is 28.0. The average molecular weight is 581 g/mol. The van der Waals surface area contributed by atoms with Gasteiger partial charge in [-0.2, -0.15) is 30.8 Å². The number of nitrogen functional groups attached to an aromatic ring is 2. The van der Waals surface area contributed by atoms with Gasteiger partial charge in [-0.15, -0.1) is 0 Å². The van der Waals surface area contributed by atoms with Crippen molar-refractivity contribution in [1.82, 2.24) is 4.42 Å². The highest BCUT2D eigenvalue weighted by Gasteiger charge is 2.40. The number of rotatable bonds is 2. The molecule has 1 aliphatic heterocycles. The number of benzene rings is 2. The van der Waals surface area contributed by atoms with Crippen LogP contribution >= 0.6 is 35.0 Å². The fourth-order valence-electron chi connectivity index (χ4n) is 2.23. The van der Waals surface area contributed by atoms with Gasteiger partial charge in [-0.05, 0) is 36.4 Å². The van der Waals surface area contributed by atoms with Crippen LogP contribution in [0.1, 0.15) is 33.6 Å². The van der Waals surface area contributed by atoms with Crippen molar-refractivity contribution >= 4 is 69.7 Å². The summed E-state index contributed by atoms with van der Waals surface area (Å²) in [5.41, 5.74) is 9.77. The largest absolute Gasteiger partial charge is 0.454 e. The fraction of sp³-hybridized carbons (Fsp3) is 0.200. The number of carbonyl (C=O) groups is 4. The van der Waals surface area contributed by atoms with Crippen LogP contribution in [0.3, 0.4) is 0 Å². The Labute approximate surface area is 214 Å². The number of carbonyl (C=O) groups excluding carboxylic acids is 4. The number of hydrogen-bond donors (Lipinski definition) is 2. The van der Waals surface area contributed by atoms with Crippen LogP contribution in [-0.2, 0) is 9.59 Å². The van der Waals surface area contributed by atoms with E-state index >= 15 is 0 Å². The molecule has 0 aromatic heterocycles. The van der Waals surface area contributed by atoms with Gasteiger partial charge in [0.05, 0.1) is 15.7 Å². The highest BCUT2D eigenvalue weighted by molar-refractivity contribution is 6.39. The van der Waals surface area contributed by atoms with Crippen molar-refractivity contribution < 1.29 is 45.5 Å². The summed E-state index contributed by atoms with van der Waals surface area (Å²) in [6, 6.07) is 6.26. The molecule has 0 aliphatic carbocycles. The SMILES string of the molecule is Nc1c(Cl)cc(C(=O)C(F)(F)F)cc1Cl.Nc1ccc(C(=O)C(F)(F)F)cc1.O=C1CCC(=O)N1Cl. The Morgan fingerprint density at radius 3 is 1.42 bits per heavy atom. The number of nitrogens with two attached hydrogens (primary N) is 2. The lowest BCUT2D eigenvalue weighted by atomic mass is 10.1. The first-order chi connectivity index (χ1) is 16.4. The van der Waals surface area contributed by atoms with Crippen LogP contribution < -0.4 is 11.5 Å². The van der Waals surface area contributed by atoms with Crippen molar-refractivity contribution in [2.45, 2.75) is 25.2 Å². The number of Topliss-reactive ketones (excluding diaryl/α,β-unsaturated/α-hetero) is 2. The summed E-state index contributed by atoms with van der Waals surface area (Å²) < 4.78 is 72.3. The lowest BCUT2D eigenvalue weighted by Gasteiger charge is -2.07. The Bertz CT molecular complexity index is 1120. The van der Waals surface area contributed by atoms with Crippen molar-refractivity contribution in [3.63, 3.8) is 0 Å². The van der Waals surface area contributed by atoms with Crippen LogP contribution in [-0.4, -0.2) is 40.2 Å². The Kier molecular flexibility index (Phi) is 10.6. The van der Waals surface area contributed by atoms with Crippen LogP contribution in [0.4, 0.5) is 37.7 Å². The molecule has 1 heterocycles. The monoisotopic (exact) mass is 579 g/mol. The first kappa shape index (κ1) is 31.0. The van der Waals surface area contributed by atoms with Crippen LogP contribution in [0.2, 0.25) is 10.0 Å². The summed E-state index contributed by atoms with van der Waals surface area (Å²) in [6.45, 7) is 0. The number of halogens is 9. The van der Waals surface area contributed by atoms with E-state index in [1.807, 2.05) is 0 Å². The normalized spacial score (nSPS) is 13.4. The Morgan fingerprint density at radius 2 is 1.11 bits per heavy atom. The highest BCUT2D eigenvalue weighted by Crippen LogP contribution is 2.31. The minimum Gasteiger partial charge on any atom is -0.399 e. The van der Waals surface area contributed by atoms with Gasteiger partial charge >= 0.3 is 12.4 Å². The molecule has 1 fully saturated rings. The van der Waals surface area contributed by atoms with E-state index in [1.165, 1.54) is 12.1 Å². The van der Waals surface area contributed by atoms with Gasteiger partial charge in [-0.3, -0.25) is 19.2 Å². The quantitative estimate of drug-likeness (QED) is 0.156. The molecule has 36 heavy (non-hydrogen) atoms. The summed E-state index contributed by atoms with van der Waals surface area (Å²) >= 11 is 16.1. The second-order valence-corrected chi connectivity index (χ2v) is 7.85. The second-order valence-electron chi connectivity index (χ2n) is 6.70. The first-order valence-corrected chi connectivity index (χ1v) is 10.3. The third-order valence-corrected chi connectivity index (χ3v) is 5.02. The smallest absolute Gasteiger partial charge is 0.399 e. The topological polar surface area (TPSA) is 124 Å². The maximum absolute atomic E-state index is 12.0. The van der Waals surface area contributed by atoms with Gasteiger partial charge in [0.15, 0.2) is 0 Å². The Hall–Kier alpha value is -3.03. The van der Waals surface area contributed by atoms with Gasteiger partial charge < -0.3 is 11.5 Å². The van der Waals surface area contributed by atoms with Crippen LogP contribution in [0.5, 0.6) is 0 Å². The molecule has 1 aliphatic rings. The number of nitrogens with zero attached hydrogens (tertiary/aromatic N) is 1. The summed E-state index contributed by atoms with van der Waals surface area (Å²) in [5.74, 6) is -4.45. The van der Waals surface area contributed by atoms with E-state index < -0.39 is 35.0 Å².